The summed E-state index contributed by atoms with van der Waals surface area (Å²) in [6.45, 7) is -0.400. The Morgan fingerprint density at radius 2 is 1.33 bits per heavy atom. The first-order valence-electron chi connectivity index (χ1n) is 11.6. The van der Waals surface area contributed by atoms with Crippen molar-refractivity contribution in [1.82, 2.24) is 0 Å². The lowest BCUT2D eigenvalue weighted by atomic mass is 10.1. The van der Waals surface area contributed by atoms with Gasteiger partial charge in [-0.15, -0.1) is 0 Å². The molecule has 2 N–H and O–H groups in total. The standard InChI is InChI=1S/C29H26N2O5/c32-27(31-26-13-6-9-21-8-4-5-12-25(21)26)14-7-15-29(34)35-20-28(33)30-22-16-18-24(19-17-22)36-23-10-2-1-3-11-23/h1-6,8-13,16-19H,7,14-15,20H2,(H,30,33)(H,31,32). The maximum Gasteiger partial charge on any atom is 0.306 e. The average molecular weight is 483 g/mol. The molecule has 4 aromatic carbocycles. The largest absolute Gasteiger partial charge is 0.457 e. The predicted molar refractivity (Wildman–Crippen MR) is 139 cm³/mol. The number of benzene rings is 4. The normalized spacial score (nSPS) is 10.4. The van der Waals surface area contributed by atoms with Gasteiger partial charge in [-0.1, -0.05) is 54.6 Å². The lowest BCUT2D eigenvalue weighted by molar-refractivity contribution is -0.147. The van der Waals surface area contributed by atoms with Crippen molar-refractivity contribution in [2.75, 3.05) is 17.2 Å². The molecule has 4 aromatic rings. The van der Waals surface area contributed by atoms with Gasteiger partial charge in [-0.25, -0.2) is 0 Å². The Labute approximate surface area is 209 Å². The van der Waals surface area contributed by atoms with Crippen LogP contribution >= 0.6 is 0 Å². The first-order valence-corrected chi connectivity index (χ1v) is 11.6. The zero-order valence-corrected chi connectivity index (χ0v) is 19.6. The summed E-state index contributed by atoms with van der Waals surface area (Å²) < 4.78 is 10.7. The van der Waals surface area contributed by atoms with Crippen LogP contribution in [0.5, 0.6) is 11.5 Å². The van der Waals surface area contributed by atoms with Crippen molar-refractivity contribution < 1.29 is 23.9 Å². The molecule has 0 fully saturated rings. The number of fused-ring (bicyclic) bond motifs is 1. The minimum absolute atomic E-state index is 0.0434. The Balaban J connectivity index is 1.14. The Bertz CT molecular complexity index is 1330. The molecule has 0 aromatic heterocycles. The number of carbonyl (C=O) groups is 3. The summed E-state index contributed by atoms with van der Waals surface area (Å²) in [7, 11) is 0. The van der Waals surface area contributed by atoms with E-state index >= 15 is 0 Å². The predicted octanol–water partition coefficient (Wildman–Crippen LogP) is 5.92. The molecule has 0 atom stereocenters. The van der Waals surface area contributed by atoms with Gasteiger partial charge in [0, 0.05) is 29.6 Å². The van der Waals surface area contributed by atoms with E-state index in [0.29, 0.717) is 23.6 Å². The third kappa shape index (κ3) is 7.17. The van der Waals surface area contributed by atoms with Crippen LogP contribution in [0.1, 0.15) is 19.3 Å². The number of nitrogens with one attached hydrogen (secondary N) is 2. The van der Waals surface area contributed by atoms with Gasteiger partial charge in [0.05, 0.1) is 0 Å². The Morgan fingerprint density at radius 1 is 0.639 bits per heavy atom. The summed E-state index contributed by atoms with van der Waals surface area (Å²) >= 11 is 0. The van der Waals surface area contributed by atoms with Crippen LogP contribution in [0.15, 0.2) is 97.1 Å². The van der Waals surface area contributed by atoms with Crippen molar-refractivity contribution in [3.63, 3.8) is 0 Å². The lowest BCUT2D eigenvalue weighted by Gasteiger charge is -2.09. The number of carbonyl (C=O) groups excluding carboxylic acids is 3. The highest BCUT2D eigenvalue weighted by Gasteiger charge is 2.11. The summed E-state index contributed by atoms with van der Waals surface area (Å²) in [5.74, 6) is 0.183. The lowest BCUT2D eigenvalue weighted by Crippen LogP contribution is -2.21. The molecule has 0 unspecified atom stereocenters. The number of hydrogen-bond donors (Lipinski definition) is 2. The molecule has 0 saturated heterocycles. The maximum atomic E-state index is 12.3. The van der Waals surface area contributed by atoms with E-state index in [4.69, 9.17) is 9.47 Å². The number of anilines is 2. The summed E-state index contributed by atoms with van der Waals surface area (Å²) in [5, 5.41) is 7.55. The molecule has 7 nitrogen and oxygen atoms in total. The zero-order valence-electron chi connectivity index (χ0n) is 19.6. The molecule has 0 radical (unpaired) electrons. The molecule has 0 saturated carbocycles. The number of rotatable bonds is 10. The summed E-state index contributed by atoms with van der Waals surface area (Å²) in [5.41, 5.74) is 1.29. The topological polar surface area (TPSA) is 93.7 Å². The van der Waals surface area contributed by atoms with Crippen molar-refractivity contribution in [2.24, 2.45) is 0 Å². The van der Waals surface area contributed by atoms with Crippen LogP contribution in [-0.4, -0.2) is 24.4 Å². The molecular formula is C29H26N2O5. The van der Waals surface area contributed by atoms with Crippen LogP contribution in [0.3, 0.4) is 0 Å². The quantitative estimate of drug-likeness (QED) is 0.274. The van der Waals surface area contributed by atoms with Gasteiger partial charge in [-0.05, 0) is 54.3 Å². The molecule has 0 bridgehead atoms. The fraction of sp³-hybridized carbons (Fsp3) is 0.138. The molecule has 4 rings (SSSR count). The SMILES string of the molecule is O=C(COC(=O)CCCC(=O)Nc1cccc2ccccc12)Nc1ccc(Oc2ccccc2)cc1. The molecule has 0 heterocycles. The third-order valence-corrected chi connectivity index (χ3v) is 5.33. The van der Waals surface area contributed by atoms with E-state index < -0.39 is 18.5 Å². The first-order chi connectivity index (χ1) is 17.6. The van der Waals surface area contributed by atoms with Gasteiger partial charge >= 0.3 is 5.97 Å². The Morgan fingerprint density at radius 3 is 2.14 bits per heavy atom. The van der Waals surface area contributed by atoms with E-state index in [0.717, 1.165) is 16.5 Å². The molecule has 2 amide bonds. The Kier molecular flexibility index (Phi) is 8.27. The first kappa shape index (κ1) is 24.5. The highest BCUT2D eigenvalue weighted by Crippen LogP contribution is 2.24. The van der Waals surface area contributed by atoms with Crippen molar-refractivity contribution >= 4 is 39.9 Å². The van der Waals surface area contributed by atoms with Gasteiger partial charge in [0.2, 0.25) is 5.91 Å². The summed E-state index contributed by atoms with van der Waals surface area (Å²) in [6, 6.07) is 29.7. The molecule has 0 aliphatic heterocycles. The van der Waals surface area contributed by atoms with Crippen LogP contribution < -0.4 is 15.4 Å². The van der Waals surface area contributed by atoms with Gasteiger partial charge in [0.15, 0.2) is 6.61 Å². The second-order valence-electron chi connectivity index (χ2n) is 8.08. The monoisotopic (exact) mass is 482 g/mol. The summed E-state index contributed by atoms with van der Waals surface area (Å²) in [6.07, 6.45) is 0.531. The van der Waals surface area contributed by atoms with E-state index in [-0.39, 0.29) is 18.7 Å². The molecule has 0 aliphatic carbocycles. The molecule has 7 heteroatoms. The number of esters is 1. The highest BCUT2D eigenvalue weighted by molar-refractivity contribution is 6.02. The van der Waals surface area contributed by atoms with Crippen LogP contribution in [0, 0.1) is 0 Å². The third-order valence-electron chi connectivity index (χ3n) is 5.33. The van der Waals surface area contributed by atoms with Crippen molar-refractivity contribution in [3.05, 3.63) is 97.1 Å². The fourth-order valence-corrected chi connectivity index (χ4v) is 3.59. The minimum atomic E-state index is -0.533. The number of para-hydroxylation sites is 1. The van der Waals surface area contributed by atoms with Gasteiger partial charge in [-0.3, -0.25) is 14.4 Å². The number of amides is 2. The van der Waals surface area contributed by atoms with E-state index in [1.165, 1.54) is 0 Å². The maximum absolute atomic E-state index is 12.3. The highest BCUT2D eigenvalue weighted by atomic mass is 16.5. The molecule has 182 valence electrons. The second-order valence-corrected chi connectivity index (χ2v) is 8.08. The van der Waals surface area contributed by atoms with Gasteiger partial charge in [0.1, 0.15) is 11.5 Å². The van der Waals surface area contributed by atoms with E-state index in [1.54, 1.807) is 24.3 Å². The van der Waals surface area contributed by atoms with Crippen LogP contribution in [-0.2, 0) is 19.1 Å². The van der Waals surface area contributed by atoms with E-state index in [1.807, 2.05) is 72.8 Å². The van der Waals surface area contributed by atoms with Crippen molar-refractivity contribution in [3.8, 4) is 11.5 Å². The molecule has 36 heavy (non-hydrogen) atoms. The second kappa shape index (κ2) is 12.2. The smallest absolute Gasteiger partial charge is 0.306 e. The fourth-order valence-electron chi connectivity index (χ4n) is 3.59. The molecular weight excluding hydrogens is 456 g/mol. The number of hydrogen-bond acceptors (Lipinski definition) is 5. The molecule has 0 spiro atoms. The van der Waals surface area contributed by atoms with Gasteiger partial charge in [0.25, 0.3) is 5.91 Å². The number of ether oxygens (including phenoxy) is 2. The zero-order chi connectivity index (χ0) is 25.2. The van der Waals surface area contributed by atoms with Crippen LogP contribution in [0.4, 0.5) is 11.4 Å². The summed E-state index contributed by atoms with van der Waals surface area (Å²) in [4.78, 5) is 36.4. The van der Waals surface area contributed by atoms with Crippen LogP contribution in [0.2, 0.25) is 0 Å². The minimum Gasteiger partial charge on any atom is -0.457 e. The van der Waals surface area contributed by atoms with Crippen molar-refractivity contribution in [1.29, 1.82) is 0 Å². The van der Waals surface area contributed by atoms with Gasteiger partial charge < -0.3 is 20.1 Å². The van der Waals surface area contributed by atoms with Crippen LogP contribution in [0.25, 0.3) is 10.8 Å². The van der Waals surface area contributed by atoms with Crippen molar-refractivity contribution in [2.45, 2.75) is 19.3 Å². The Hall–Kier alpha value is -4.65. The molecule has 0 aliphatic rings. The van der Waals surface area contributed by atoms with E-state index in [2.05, 4.69) is 10.6 Å². The van der Waals surface area contributed by atoms with Gasteiger partial charge in [-0.2, -0.15) is 0 Å². The average Bonchev–Trinajstić information content (AvgIpc) is 2.89. The van der Waals surface area contributed by atoms with E-state index in [9.17, 15) is 14.4 Å².